The van der Waals surface area contributed by atoms with Gasteiger partial charge in [0, 0.05) is 31.7 Å². The second-order valence-corrected chi connectivity index (χ2v) is 7.93. The summed E-state index contributed by atoms with van der Waals surface area (Å²) in [6, 6.07) is 12.4. The molecule has 0 spiro atoms. The summed E-state index contributed by atoms with van der Waals surface area (Å²) in [6.45, 7) is 8.20. The average Bonchev–Trinajstić information content (AvgIpc) is 2.66. The number of aryl methyl sites for hydroxylation is 1. The smallest absolute Gasteiger partial charge is 0.260 e. The quantitative estimate of drug-likeness (QED) is 0.745. The van der Waals surface area contributed by atoms with Crippen LogP contribution in [-0.4, -0.2) is 47.5 Å². The maximum Gasteiger partial charge on any atom is 0.260 e. The highest BCUT2D eigenvalue weighted by atomic mass is 35.5. The molecule has 150 valence electrons. The zero-order valence-electron chi connectivity index (χ0n) is 16.5. The van der Waals surface area contributed by atoms with E-state index in [1.807, 2.05) is 43.0 Å². The third kappa shape index (κ3) is 5.03. The molecule has 1 aliphatic heterocycles. The number of carbonyl (C=O) groups excluding carboxylic acids is 1. The monoisotopic (exact) mass is 404 g/mol. The van der Waals surface area contributed by atoms with Gasteiger partial charge in [0.1, 0.15) is 11.6 Å². The number of rotatable bonds is 5. The van der Waals surface area contributed by atoms with Gasteiger partial charge in [0.05, 0.1) is 5.02 Å². The lowest BCUT2D eigenvalue weighted by Gasteiger charge is -2.44. The van der Waals surface area contributed by atoms with Gasteiger partial charge < -0.3 is 9.64 Å². The molecular formula is C22H26ClFN2O2. The topological polar surface area (TPSA) is 32.8 Å². The van der Waals surface area contributed by atoms with Crippen LogP contribution in [-0.2, 0) is 11.3 Å². The van der Waals surface area contributed by atoms with Crippen LogP contribution in [0, 0.1) is 12.7 Å². The van der Waals surface area contributed by atoms with Crippen LogP contribution in [0.4, 0.5) is 4.39 Å². The van der Waals surface area contributed by atoms with Gasteiger partial charge in [0.15, 0.2) is 6.61 Å². The first kappa shape index (κ1) is 20.6. The molecule has 28 heavy (non-hydrogen) atoms. The fourth-order valence-corrected chi connectivity index (χ4v) is 3.71. The Labute approximate surface area is 170 Å². The zero-order chi connectivity index (χ0) is 20.3. The van der Waals surface area contributed by atoms with Gasteiger partial charge in [0.25, 0.3) is 5.91 Å². The number of hydrogen-bond acceptors (Lipinski definition) is 3. The number of amides is 1. The molecule has 1 amide bonds. The van der Waals surface area contributed by atoms with Crippen molar-refractivity contribution in [2.75, 3.05) is 19.7 Å². The van der Waals surface area contributed by atoms with E-state index in [0.717, 1.165) is 24.2 Å². The van der Waals surface area contributed by atoms with Crippen LogP contribution in [0.2, 0.25) is 5.02 Å². The third-order valence-corrected chi connectivity index (χ3v) is 5.48. The van der Waals surface area contributed by atoms with E-state index in [9.17, 15) is 9.18 Å². The SMILES string of the molecule is Cc1ccc(Cl)c(OCC(=O)N2C[C@H](C)N(Cc3ccc(F)cc3)C[C@H]2C)c1. The van der Waals surface area contributed by atoms with Gasteiger partial charge in [-0.15, -0.1) is 0 Å². The molecule has 2 aromatic carbocycles. The highest BCUT2D eigenvalue weighted by Crippen LogP contribution is 2.25. The van der Waals surface area contributed by atoms with Crippen LogP contribution in [0.25, 0.3) is 0 Å². The van der Waals surface area contributed by atoms with E-state index in [1.54, 1.807) is 6.07 Å². The Morgan fingerprint density at radius 3 is 2.57 bits per heavy atom. The van der Waals surface area contributed by atoms with E-state index in [1.165, 1.54) is 12.1 Å². The van der Waals surface area contributed by atoms with Crippen molar-refractivity contribution in [2.45, 2.75) is 39.4 Å². The van der Waals surface area contributed by atoms with Gasteiger partial charge >= 0.3 is 0 Å². The summed E-state index contributed by atoms with van der Waals surface area (Å²) in [5.41, 5.74) is 2.10. The third-order valence-electron chi connectivity index (χ3n) is 5.17. The predicted molar refractivity (Wildman–Crippen MR) is 109 cm³/mol. The number of ether oxygens (including phenoxy) is 1. The van der Waals surface area contributed by atoms with Gasteiger partial charge in [-0.25, -0.2) is 4.39 Å². The number of halogens is 2. The van der Waals surface area contributed by atoms with Crippen molar-refractivity contribution in [3.8, 4) is 5.75 Å². The van der Waals surface area contributed by atoms with E-state index in [4.69, 9.17) is 16.3 Å². The first-order valence-electron chi connectivity index (χ1n) is 9.50. The summed E-state index contributed by atoms with van der Waals surface area (Å²) in [7, 11) is 0. The lowest BCUT2D eigenvalue weighted by molar-refractivity contribution is -0.139. The Balaban J connectivity index is 1.57. The minimum atomic E-state index is -0.228. The van der Waals surface area contributed by atoms with Crippen molar-refractivity contribution < 1.29 is 13.9 Å². The molecular weight excluding hydrogens is 379 g/mol. The van der Waals surface area contributed by atoms with E-state index < -0.39 is 0 Å². The molecule has 0 aliphatic carbocycles. The molecule has 4 nitrogen and oxygen atoms in total. The van der Waals surface area contributed by atoms with Crippen molar-refractivity contribution in [3.05, 3.63) is 64.4 Å². The minimum absolute atomic E-state index is 0.0296. The van der Waals surface area contributed by atoms with Crippen LogP contribution in [0.15, 0.2) is 42.5 Å². The summed E-state index contributed by atoms with van der Waals surface area (Å²) in [5, 5.41) is 0.504. The molecule has 0 N–H and O–H groups in total. The molecule has 0 radical (unpaired) electrons. The van der Waals surface area contributed by atoms with Crippen molar-refractivity contribution >= 4 is 17.5 Å². The summed E-state index contributed by atoms with van der Waals surface area (Å²) in [6.07, 6.45) is 0. The molecule has 0 aromatic heterocycles. The molecule has 1 aliphatic rings. The van der Waals surface area contributed by atoms with E-state index in [0.29, 0.717) is 17.3 Å². The van der Waals surface area contributed by atoms with E-state index in [2.05, 4.69) is 11.8 Å². The van der Waals surface area contributed by atoms with Gasteiger partial charge in [-0.05, 0) is 56.2 Å². The summed E-state index contributed by atoms with van der Waals surface area (Å²) in [4.78, 5) is 16.9. The Kier molecular flexibility index (Phi) is 6.57. The number of nitrogens with zero attached hydrogens (tertiary/aromatic N) is 2. The van der Waals surface area contributed by atoms with Gasteiger partial charge in [-0.2, -0.15) is 0 Å². The number of carbonyl (C=O) groups is 1. The van der Waals surface area contributed by atoms with Crippen LogP contribution < -0.4 is 4.74 Å². The van der Waals surface area contributed by atoms with Crippen LogP contribution >= 0.6 is 11.6 Å². The van der Waals surface area contributed by atoms with Crippen molar-refractivity contribution in [2.24, 2.45) is 0 Å². The molecule has 1 fully saturated rings. The maximum atomic E-state index is 13.1. The summed E-state index contributed by atoms with van der Waals surface area (Å²) >= 11 is 6.14. The summed E-state index contributed by atoms with van der Waals surface area (Å²) < 4.78 is 18.8. The molecule has 3 rings (SSSR count). The van der Waals surface area contributed by atoms with E-state index in [-0.39, 0.29) is 30.4 Å². The van der Waals surface area contributed by atoms with E-state index >= 15 is 0 Å². The zero-order valence-corrected chi connectivity index (χ0v) is 17.2. The first-order chi connectivity index (χ1) is 13.3. The lowest BCUT2D eigenvalue weighted by Crippen LogP contribution is -2.58. The predicted octanol–water partition coefficient (Wildman–Crippen LogP) is 4.29. The Morgan fingerprint density at radius 1 is 1.14 bits per heavy atom. The van der Waals surface area contributed by atoms with Gasteiger partial charge in [-0.3, -0.25) is 9.69 Å². The fraction of sp³-hybridized carbons (Fsp3) is 0.409. The van der Waals surface area contributed by atoms with Crippen LogP contribution in [0.5, 0.6) is 5.75 Å². The standard InChI is InChI=1S/C22H26ClFN2O2/c1-15-4-9-20(23)21(10-15)28-14-22(27)26-12-16(2)25(11-17(26)3)13-18-5-7-19(24)8-6-18/h4-10,16-17H,11-14H2,1-3H3/t16-,17+/m0/s1. The highest BCUT2D eigenvalue weighted by molar-refractivity contribution is 6.32. The van der Waals surface area contributed by atoms with Crippen molar-refractivity contribution in [1.29, 1.82) is 0 Å². The Morgan fingerprint density at radius 2 is 1.86 bits per heavy atom. The normalized spacial score (nSPS) is 20.2. The Bertz CT molecular complexity index is 828. The Hall–Kier alpha value is -2.11. The van der Waals surface area contributed by atoms with Crippen molar-refractivity contribution in [1.82, 2.24) is 9.80 Å². The second-order valence-electron chi connectivity index (χ2n) is 7.52. The number of benzene rings is 2. The average molecular weight is 405 g/mol. The first-order valence-corrected chi connectivity index (χ1v) is 9.88. The molecule has 0 saturated carbocycles. The highest BCUT2D eigenvalue weighted by Gasteiger charge is 2.32. The molecule has 2 aromatic rings. The molecule has 1 heterocycles. The molecule has 0 bridgehead atoms. The fourth-order valence-electron chi connectivity index (χ4n) is 3.53. The molecule has 6 heteroatoms. The molecule has 0 unspecified atom stereocenters. The summed E-state index contributed by atoms with van der Waals surface area (Å²) in [5.74, 6) is 0.262. The lowest BCUT2D eigenvalue weighted by atomic mass is 10.1. The maximum absolute atomic E-state index is 13.1. The van der Waals surface area contributed by atoms with Crippen molar-refractivity contribution in [3.63, 3.8) is 0 Å². The molecule has 2 atom stereocenters. The van der Waals surface area contributed by atoms with Gasteiger partial charge in [0.2, 0.25) is 0 Å². The van der Waals surface area contributed by atoms with Crippen LogP contribution in [0.3, 0.4) is 0 Å². The number of hydrogen-bond donors (Lipinski definition) is 0. The molecule has 1 saturated heterocycles. The largest absolute Gasteiger partial charge is 0.482 e. The second kappa shape index (κ2) is 8.93. The van der Waals surface area contributed by atoms with Gasteiger partial charge in [-0.1, -0.05) is 29.8 Å². The van der Waals surface area contributed by atoms with Crippen LogP contribution in [0.1, 0.15) is 25.0 Å². The minimum Gasteiger partial charge on any atom is -0.482 e. The number of piperazine rings is 1.